The molecule has 0 aliphatic heterocycles. The molecule has 1 aromatic rings. The molecule has 0 radical (unpaired) electrons. The van der Waals surface area contributed by atoms with E-state index in [4.69, 9.17) is 21.1 Å². The molecule has 0 aromatic heterocycles. The minimum absolute atomic E-state index is 0.115. The second kappa shape index (κ2) is 4.89. The zero-order valence-electron chi connectivity index (χ0n) is 12.8. The second-order valence-corrected chi connectivity index (χ2v) is 8.23. The van der Waals surface area contributed by atoms with E-state index in [2.05, 4.69) is 0 Å². The van der Waals surface area contributed by atoms with Gasteiger partial charge in [0.25, 0.3) is 0 Å². The van der Waals surface area contributed by atoms with Gasteiger partial charge in [-0.3, -0.25) is 4.79 Å². The van der Waals surface area contributed by atoms with E-state index in [0.29, 0.717) is 23.3 Å². The molecule has 118 valence electrons. The van der Waals surface area contributed by atoms with Crippen molar-refractivity contribution in [3.63, 3.8) is 0 Å². The summed E-state index contributed by atoms with van der Waals surface area (Å²) < 4.78 is 11.0. The molecule has 3 nitrogen and oxygen atoms in total. The van der Waals surface area contributed by atoms with Crippen LogP contribution >= 0.6 is 11.6 Å². The number of rotatable bonds is 3. The van der Waals surface area contributed by atoms with Gasteiger partial charge in [0.1, 0.15) is 0 Å². The molecular formula is C18H21ClO3. The fourth-order valence-corrected chi connectivity index (χ4v) is 5.99. The molecule has 4 aliphatic carbocycles. The molecular weight excluding hydrogens is 300 g/mol. The van der Waals surface area contributed by atoms with E-state index in [0.717, 1.165) is 32.1 Å². The van der Waals surface area contributed by atoms with Crippen molar-refractivity contribution in [1.29, 1.82) is 0 Å². The summed E-state index contributed by atoms with van der Waals surface area (Å²) in [5.74, 6) is 2.17. The van der Waals surface area contributed by atoms with Crippen molar-refractivity contribution in [1.82, 2.24) is 0 Å². The fraction of sp³-hybridized carbons (Fsp3) is 0.611. The third-order valence-electron chi connectivity index (χ3n) is 5.69. The first-order valence-electron chi connectivity index (χ1n) is 8.06. The van der Waals surface area contributed by atoms with Crippen LogP contribution in [0.5, 0.6) is 11.5 Å². The first kappa shape index (κ1) is 14.4. The van der Waals surface area contributed by atoms with Crippen LogP contribution in [0.1, 0.15) is 38.5 Å². The van der Waals surface area contributed by atoms with Gasteiger partial charge >= 0.3 is 5.97 Å². The lowest BCUT2D eigenvalue weighted by Gasteiger charge is -2.58. The van der Waals surface area contributed by atoms with Gasteiger partial charge in [-0.25, -0.2) is 0 Å². The van der Waals surface area contributed by atoms with E-state index in [1.165, 1.54) is 6.42 Å². The highest BCUT2D eigenvalue weighted by Crippen LogP contribution is 2.64. The average Bonchev–Trinajstić information content (AvgIpc) is 2.45. The number of carbonyl (C=O) groups excluding carboxylic acids is 1. The van der Waals surface area contributed by atoms with Crippen molar-refractivity contribution in [2.75, 3.05) is 7.11 Å². The molecule has 0 amide bonds. The van der Waals surface area contributed by atoms with Crippen LogP contribution in [0.4, 0.5) is 0 Å². The Bertz CT molecular complexity index is 598. The molecule has 0 heterocycles. The second-order valence-electron chi connectivity index (χ2n) is 7.43. The van der Waals surface area contributed by atoms with Crippen LogP contribution in [-0.4, -0.2) is 18.0 Å². The minimum atomic E-state index is -0.382. The molecule has 1 aromatic carbocycles. The van der Waals surface area contributed by atoms with E-state index in [1.807, 2.05) is 18.2 Å². The van der Waals surface area contributed by atoms with Crippen LogP contribution in [0, 0.1) is 17.3 Å². The number of hydrogen-bond donors (Lipinski definition) is 0. The van der Waals surface area contributed by atoms with E-state index in [1.54, 1.807) is 13.2 Å². The van der Waals surface area contributed by atoms with Crippen LogP contribution in [0.15, 0.2) is 24.3 Å². The van der Waals surface area contributed by atoms with Crippen LogP contribution in [0.25, 0.3) is 0 Å². The molecule has 4 fully saturated rings. The predicted octanol–water partition coefficient (Wildman–Crippen LogP) is 4.18. The van der Waals surface area contributed by atoms with E-state index >= 15 is 0 Å². The van der Waals surface area contributed by atoms with Gasteiger partial charge in [-0.1, -0.05) is 12.1 Å². The molecule has 4 aliphatic rings. The number of hydrogen-bond acceptors (Lipinski definition) is 3. The fourth-order valence-electron chi connectivity index (χ4n) is 5.30. The van der Waals surface area contributed by atoms with Crippen molar-refractivity contribution >= 4 is 17.6 Å². The molecule has 22 heavy (non-hydrogen) atoms. The van der Waals surface area contributed by atoms with Crippen LogP contribution in [-0.2, 0) is 4.79 Å². The van der Waals surface area contributed by atoms with Gasteiger partial charge in [0.05, 0.1) is 12.5 Å². The Kier molecular flexibility index (Phi) is 3.19. The summed E-state index contributed by atoms with van der Waals surface area (Å²) in [5.41, 5.74) is -0.382. The summed E-state index contributed by atoms with van der Waals surface area (Å²) in [6.07, 6.45) is 6.00. The monoisotopic (exact) mass is 320 g/mol. The quantitative estimate of drug-likeness (QED) is 0.476. The van der Waals surface area contributed by atoms with E-state index < -0.39 is 0 Å². The van der Waals surface area contributed by atoms with Crippen molar-refractivity contribution in [2.45, 2.75) is 43.4 Å². The molecule has 2 unspecified atom stereocenters. The summed E-state index contributed by atoms with van der Waals surface area (Å²) >= 11 is 6.79. The minimum Gasteiger partial charge on any atom is -0.493 e. The smallest absolute Gasteiger partial charge is 0.317 e. The topological polar surface area (TPSA) is 35.5 Å². The summed E-state index contributed by atoms with van der Waals surface area (Å²) in [4.78, 5) is 12.8. The lowest BCUT2D eigenvalue weighted by molar-refractivity contribution is -0.160. The lowest BCUT2D eigenvalue weighted by atomic mass is 9.49. The van der Waals surface area contributed by atoms with Gasteiger partial charge in [-0.2, -0.15) is 0 Å². The van der Waals surface area contributed by atoms with E-state index in [-0.39, 0.29) is 16.3 Å². The molecule has 0 saturated heterocycles. The van der Waals surface area contributed by atoms with Gasteiger partial charge in [-0.05, 0) is 62.5 Å². The number of methoxy groups -OCH3 is 1. The van der Waals surface area contributed by atoms with Gasteiger partial charge in [0.15, 0.2) is 11.5 Å². The molecule has 4 heteroatoms. The largest absolute Gasteiger partial charge is 0.493 e. The zero-order valence-corrected chi connectivity index (χ0v) is 13.6. The molecule has 5 rings (SSSR count). The predicted molar refractivity (Wildman–Crippen MR) is 84.3 cm³/mol. The Morgan fingerprint density at radius 1 is 1.14 bits per heavy atom. The highest BCUT2D eigenvalue weighted by molar-refractivity contribution is 6.24. The van der Waals surface area contributed by atoms with E-state index in [9.17, 15) is 4.79 Å². The molecule has 0 N–H and O–H groups in total. The van der Waals surface area contributed by atoms with Crippen molar-refractivity contribution in [2.24, 2.45) is 17.3 Å². The maximum Gasteiger partial charge on any atom is 0.317 e. The molecule has 4 saturated carbocycles. The first-order valence-corrected chi connectivity index (χ1v) is 8.44. The normalized spacial score (nSPS) is 38.8. The maximum absolute atomic E-state index is 12.9. The maximum atomic E-state index is 12.9. The highest BCUT2D eigenvalue weighted by Gasteiger charge is 2.61. The van der Waals surface area contributed by atoms with Gasteiger partial charge in [0.2, 0.25) is 0 Å². The number of para-hydroxylation sites is 2. The number of carbonyl (C=O) groups is 1. The Balaban J connectivity index is 1.60. The zero-order chi connectivity index (χ0) is 15.4. The van der Waals surface area contributed by atoms with Crippen LogP contribution in [0.2, 0.25) is 0 Å². The van der Waals surface area contributed by atoms with Gasteiger partial charge < -0.3 is 9.47 Å². The van der Waals surface area contributed by atoms with Crippen molar-refractivity contribution < 1.29 is 14.3 Å². The van der Waals surface area contributed by atoms with Crippen molar-refractivity contribution in [3.05, 3.63) is 24.3 Å². The number of ether oxygens (including phenoxy) is 2. The first-order chi connectivity index (χ1) is 10.5. The summed E-state index contributed by atoms with van der Waals surface area (Å²) in [7, 11) is 1.59. The number of alkyl halides is 1. The van der Waals surface area contributed by atoms with Crippen LogP contribution in [0.3, 0.4) is 0 Å². The average molecular weight is 321 g/mol. The Morgan fingerprint density at radius 2 is 1.77 bits per heavy atom. The number of benzene rings is 1. The molecule has 2 atom stereocenters. The number of halogens is 1. The van der Waals surface area contributed by atoms with Gasteiger partial charge in [-0.15, -0.1) is 11.6 Å². The third-order valence-corrected chi connectivity index (χ3v) is 6.14. The van der Waals surface area contributed by atoms with Gasteiger partial charge in [0, 0.05) is 4.87 Å². The Hall–Kier alpha value is -1.22. The summed E-state index contributed by atoms with van der Waals surface area (Å²) in [5, 5.41) is 0. The Labute approximate surface area is 135 Å². The third kappa shape index (κ3) is 2.21. The Morgan fingerprint density at radius 3 is 2.36 bits per heavy atom. The van der Waals surface area contributed by atoms with Crippen LogP contribution < -0.4 is 9.47 Å². The standard InChI is InChI=1S/C18H21ClO3/c1-21-14-4-2-3-5-15(14)22-16(20)17-7-12-6-13(8-17)10-18(19,9-12)11-17/h2-5,12-13H,6-11H2,1H3. The summed E-state index contributed by atoms with van der Waals surface area (Å²) in [6.45, 7) is 0. The van der Waals surface area contributed by atoms with Crippen molar-refractivity contribution in [3.8, 4) is 11.5 Å². The SMILES string of the molecule is COc1ccccc1OC(=O)C12CC3CC(CC(Cl)(C3)C1)C2. The highest BCUT2D eigenvalue weighted by atomic mass is 35.5. The lowest BCUT2D eigenvalue weighted by Crippen LogP contribution is -2.56. The summed E-state index contributed by atoms with van der Waals surface area (Å²) in [6, 6.07) is 7.32. The number of esters is 1. The molecule has 0 spiro atoms. The molecule has 4 bridgehead atoms.